The van der Waals surface area contributed by atoms with Crippen molar-refractivity contribution in [2.75, 3.05) is 5.75 Å². The number of nitrogens with one attached hydrogen (secondary N) is 2. The number of rotatable bonds is 10. The third-order valence-corrected chi connectivity index (χ3v) is 3.72. The molecule has 0 bridgehead atoms. The minimum absolute atomic E-state index is 0.0618. The Kier molecular flexibility index (Phi) is 9.27. The highest BCUT2D eigenvalue weighted by molar-refractivity contribution is 7.80. The van der Waals surface area contributed by atoms with E-state index in [4.69, 9.17) is 16.6 Å². The first-order chi connectivity index (χ1) is 10.6. The van der Waals surface area contributed by atoms with E-state index in [0.717, 1.165) is 0 Å². The fourth-order valence-corrected chi connectivity index (χ4v) is 1.98. The molecule has 0 saturated carbocycles. The first-order valence-electron chi connectivity index (χ1n) is 7.12. The maximum absolute atomic E-state index is 12.1. The van der Waals surface area contributed by atoms with Crippen LogP contribution in [-0.2, 0) is 19.2 Å². The number of amides is 3. The molecule has 0 saturated heterocycles. The highest BCUT2D eigenvalue weighted by Crippen LogP contribution is 2.08. The largest absolute Gasteiger partial charge is 0.480 e. The van der Waals surface area contributed by atoms with Crippen molar-refractivity contribution in [2.45, 2.75) is 44.8 Å². The molecule has 7 N–H and O–H groups in total. The Morgan fingerprint density at radius 2 is 1.74 bits per heavy atom. The molecule has 0 aromatic heterocycles. The zero-order valence-electron chi connectivity index (χ0n) is 13.1. The van der Waals surface area contributed by atoms with Gasteiger partial charge in [-0.25, -0.2) is 4.79 Å². The molecule has 0 spiro atoms. The molecule has 0 aromatic rings. The van der Waals surface area contributed by atoms with Gasteiger partial charge in [-0.15, -0.1) is 0 Å². The van der Waals surface area contributed by atoms with Crippen LogP contribution in [0.25, 0.3) is 0 Å². The van der Waals surface area contributed by atoms with Crippen molar-refractivity contribution in [1.82, 2.24) is 10.6 Å². The van der Waals surface area contributed by atoms with Gasteiger partial charge in [0.25, 0.3) is 0 Å². The number of primary amides is 1. The van der Waals surface area contributed by atoms with Crippen molar-refractivity contribution < 1.29 is 24.3 Å². The van der Waals surface area contributed by atoms with Crippen molar-refractivity contribution in [1.29, 1.82) is 0 Å². The molecule has 10 heteroatoms. The summed E-state index contributed by atoms with van der Waals surface area (Å²) in [4.78, 5) is 45.8. The minimum Gasteiger partial charge on any atom is -0.480 e. The second kappa shape index (κ2) is 10.1. The third-order valence-electron chi connectivity index (χ3n) is 3.35. The van der Waals surface area contributed by atoms with E-state index in [0.29, 0.717) is 6.42 Å². The summed E-state index contributed by atoms with van der Waals surface area (Å²) in [5.74, 6) is -3.69. The smallest absolute Gasteiger partial charge is 0.326 e. The molecule has 0 heterocycles. The second-order valence-corrected chi connectivity index (χ2v) is 5.60. The van der Waals surface area contributed by atoms with Gasteiger partial charge in [-0.1, -0.05) is 20.3 Å². The number of hydrogen-bond donors (Lipinski definition) is 6. The van der Waals surface area contributed by atoms with Crippen LogP contribution in [0.4, 0.5) is 0 Å². The normalized spacial score (nSPS) is 15.8. The molecule has 132 valence electrons. The molecule has 23 heavy (non-hydrogen) atoms. The molecule has 0 aliphatic carbocycles. The van der Waals surface area contributed by atoms with Gasteiger partial charge < -0.3 is 27.2 Å². The van der Waals surface area contributed by atoms with Crippen LogP contribution in [0.3, 0.4) is 0 Å². The maximum Gasteiger partial charge on any atom is 0.326 e. The van der Waals surface area contributed by atoms with Crippen LogP contribution in [0.5, 0.6) is 0 Å². The first kappa shape index (κ1) is 21.2. The molecule has 4 unspecified atom stereocenters. The quantitative estimate of drug-likeness (QED) is 0.255. The Labute approximate surface area is 139 Å². The highest BCUT2D eigenvalue weighted by atomic mass is 32.1. The Morgan fingerprint density at radius 3 is 2.13 bits per heavy atom. The topological polar surface area (TPSA) is 165 Å². The van der Waals surface area contributed by atoms with E-state index < -0.39 is 41.8 Å². The number of aliphatic carboxylic acids is 1. The Balaban J connectivity index is 4.82. The van der Waals surface area contributed by atoms with Crippen molar-refractivity contribution in [3.8, 4) is 0 Å². The monoisotopic (exact) mass is 348 g/mol. The lowest BCUT2D eigenvalue weighted by Crippen LogP contribution is -2.56. The van der Waals surface area contributed by atoms with E-state index >= 15 is 0 Å². The van der Waals surface area contributed by atoms with Gasteiger partial charge in [-0.3, -0.25) is 14.4 Å². The highest BCUT2D eigenvalue weighted by Gasteiger charge is 2.29. The summed E-state index contributed by atoms with van der Waals surface area (Å²) in [7, 11) is 0. The lowest BCUT2D eigenvalue weighted by atomic mass is 9.99. The van der Waals surface area contributed by atoms with Crippen LogP contribution in [0.1, 0.15) is 26.7 Å². The number of carboxylic acid groups (broad SMARTS) is 1. The van der Waals surface area contributed by atoms with Crippen LogP contribution in [0.15, 0.2) is 0 Å². The molecule has 3 amide bonds. The minimum atomic E-state index is -1.19. The van der Waals surface area contributed by atoms with E-state index in [1.54, 1.807) is 13.8 Å². The van der Waals surface area contributed by atoms with Gasteiger partial charge in [0.05, 0.1) is 12.5 Å². The molecular weight excluding hydrogens is 324 g/mol. The lowest BCUT2D eigenvalue weighted by molar-refractivity contribution is -0.143. The molecule has 9 nitrogen and oxygen atoms in total. The summed E-state index contributed by atoms with van der Waals surface area (Å²) >= 11 is 3.96. The zero-order chi connectivity index (χ0) is 18.2. The number of nitrogens with two attached hydrogens (primary N) is 2. The summed E-state index contributed by atoms with van der Waals surface area (Å²) in [6.45, 7) is 3.49. The first-order valence-corrected chi connectivity index (χ1v) is 7.75. The van der Waals surface area contributed by atoms with Crippen molar-refractivity contribution >= 4 is 36.3 Å². The number of carbonyl (C=O) groups is 4. The molecule has 0 radical (unpaired) electrons. The molecule has 4 atom stereocenters. The lowest BCUT2D eigenvalue weighted by Gasteiger charge is -2.24. The SMILES string of the molecule is CCC(C)C(NC(=O)C(CS)NC(=O)C(N)CC(N)=O)C(=O)O. The van der Waals surface area contributed by atoms with E-state index in [-0.39, 0.29) is 18.1 Å². The average molecular weight is 348 g/mol. The Morgan fingerprint density at radius 1 is 1.17 bits per heavy atom. The van der Waals surface area contributed by atoms with Crippen LogP contribution in [0, 0.1) is 5.92 Å². The summed E-state index contributed by atoms with van der Waals surface area (Å²) < 4.78 is 0. The number of carbonyl (C=O) groups excluding carboxylic acids is 3. The van der Waals surface area contributed by atoms with E-state index in [9.17, 15) is 19.2 Å². The van der Waals surface area contributed by atoms with Crippen LogP contribution < -0.4 is 22.1 Å². The van der Waals surface area contributed by atoms with E-state index in [1.807, 2.05) is 0 Å². The van der Waals surface area contributed by atoms with Gasteiger partial charge in [-0.05, 0) is 5.92 Å². The number of carboxylic acids is 1. The molecule has 0 aromatic carbocycles. The summed E-state index contributed by atoms with van der Waals surface area (Å²) in [6.07, 6.45) is 0.190. The number of hydrogen-bond acceptors (Lipinski definition) is 6. The zero-order valence-corrected chi connectivity index (χ0v) is 14.0. The van der Waals surface area contributed by atoms with Crippen LogP contribution in [-0.4, -0.2) is 52.7 Å². The summed E-state index contributed by atoms with van der Waals surface area (Å²) in [5.41, 5.74) is 10.4. The fourth-order valence-electron chi connectivity index (χ4n) is 1.72. The summed E-state index contributed by atoms with van der Waals surface area (Å²) in [6, 6.07) is -3.34. The van der Waals surface area contributed by atoms with Crippen LogP contribution in [0.2, 0.25) is 0 Å². The molecule has 0 aliphatic rings. The van der Waals surface area contributed by atoms with E-state index in [1.165, 1.54) is 0 Å². The number of thiol groups is 1. The molecule has 0 fully saturated rings. The van der Waals surface area contributed by atoms with Gasteiger partial charge >= 0.3 is 5.97 Å². The standard InChI is InChI=1S/C13H24N4O5S/c1-3-6(2)10(13(21)22)17-12(20)8(5-23)16-11(19)7(14)4-9(15)18/h6-8,10,23H,3-5,14H2,1-2H3,(H2,15,18)(H,16,19)(H,17,20)(H,21,22). The van der Waals surface area contributed by atoms with Gasteiger partial charge in [0.1, 0.15) is 12.1 Å². The third kappa shape index (κ3) is 7.33. The van der Waals surface area contributed by atoms with Gasteiger partial charge in [0.2, 0.25) is 17.7 Å². The van der Waals surface area contributed by atoms with Crippen LogP contribution >= 0.6 is 12.6 Å². The Bertz CT molecular complexity index is 460. The van der Waals surface area contributed by atoms with Gasteiger partial charge in [0.15, 0.2) is 0 Å². The molecular formula is C13H24N4O5S. The average Bonchev–Trinajstić information content (AvgIpc) is 2.47. The predicted octanol–water partition coefficient (Wildman–Crippen LogP) is -1.78. The molecule has 0 rings (SSSR count). The van der Waals surface area contributed by atoms with Crippen molar-refractivity contribution in [3.63, 3.8) is 0 Å². The van der Waals surface area contributed by atoms with Gasteiger partial charge in [-0.2, -0.15) is 12.6 Å². The Hall–Kier alpha value is -1.81. The second-order valence-electron chi connectivity index (χ2n) is 5.23. The molecule has 0 aliphatic heterocycles. The van der Waals surface area contributed by atoms with E-state index in [2.05, 4.69) is 23.3 Å². The van der Waals surface area contributed by atoms with Crippen molar-refractivity contribution in [3.05, 3.63) is 0 Å². The maximum atomic E-state index is 12.1. The fraction of sp³-hybridized carbons (Fsp3) is 0.692. The predicted molar refractivity (Wildman–Crippen MR) is 86.6 cm³/mol. The summed E-state index contributed by atoms with van der Waals surface area (Å²) in [5, 5.41) is 13.8. The van der Waals surface area contributed by atoms with Gasteiger partial charge in [0, 0.05) is 5.75 Å². The van der Waals surface area contributed by atoms with Crippen molar-refractivity contribution in [2.24, 2.45) is 17.4 Å².